The Morgan fingerprint density at radius 3 is 2.59 bits per heavy atom. The van der Waals surface area contributed by atoms with E-state index >= 15 is 0 Å². The Balaban J connectivity index is 1.25. The predicted octanol–water partition coefficient (Wildman–Crippen LogP) is 4.37. The molecule has 1 aliphatic heterocycles. The largest absolute Gasteiger partial charge is 0.497 e. The lowest BCUT2D eigenvalue weighted by Crippen LogP contribution is -2.39. The van der Waals surface area contributed by atoms with Gasteiger partial charge in [0.25, 0.3) is 0 Å². The molecule has 0 saturated carbocycles. The lowest BCUT2D eigenvalue weighted by atomic mass is 10.0. The van der Waals surface area contributed by atoms with Gasteiger partial charge in [-0.15, -0.1) is 0 Å². The number of H-pyrrole nitrogens is 1. The fraction of sp³-hybridized carbons (Fsp3) is 0.231. The number of carbonyl (C=O) groups is 1. The van der Waals surface area contributed by atoms with Gasteiger partial charge in [0.2, 0.25) is 5.91 Å². The third kappa shape index (κ3) is 3.80. The van der Waals surface area contributed by atoms with E-state index in [2.05, 4.69) is 11.1 Å². The van der Waals surface area contributed by atoms with Gasteiger partial charge in [0.15, 0.2) is 0 Å². The van der Waals surface area contributed by atoms with Crippen LogP contribution in [0.4, 0.5) is 0 Å². The van der Waals surface area contributed by atoms with Crippen LogP contribution in [0, 0.1) is 0 Å². The van der Waals surface area contributed by atoms with Gasteiger partial charge in [-0.05, 0) is 65.6 Å². The van der Waals surface area contributed by atoms with Crippen LogP contribution < -0.4 is 10.4 Å². The Kier molecular flexibility index (Phi) is 5.27. The molecule has 32 heavy (non-hydrogen) atoms. The van der Waals surface area contributed by atoms with Crippen molar-refractivity contribution in [1.82, 2.24) is 14.5 Å². The first-order valence-corrected chi connectivity index (χ1v) is 10.9. The molecule has 0 unspecified atom stereocenters. The lowest BCUT2D eigenvalue weighted by molar-refractivity contribution is -0.127. The number of carbonyl (C=O) groups excluding carboxylic acids is 1. The second-order valence-corrected chi connectivity index (χ2v) is 8.18. The number of nitrogens with one attached hydrogen (secondary N) is 1. The Morgan fingerprint density at radius 1 is 1.03 bits per heavy atom. The molecule has 1 N–H and O–H groups in total. The van der Waals surface area contributed by atoms with Crippen molar-refractivity contribution >= 4 is 33.8 Å². The zero-order valence-corrected chi connectivity index (χ0v) is 18.0. The molecule has 1 aromatic heterocycles. The van der Waals surface area contributed by atoms with E-state index in [1.807, 2.05) is 70.1 Å². The van der Waals surface area contributed by atoms with E-state index < -0.39 is 0 Å². The highest BCUT2D eigenvalue weighted by atomic mass is 16.5. The number of aromatic nitrogens is 2. The molecule has 162 valence electrons. The summed E-state index contributed by atoms with van der Waals surface area (Å²) in [6.45, 7) is 1.27. The van der Waals surface area contributed by atoms with Gasteiger partial charge >= 0.3 is 5.69 Å². The van der Waals surface area contributed by atoms with Crippen LogP contribution in [-0.2, 0) is 4.79 Å². The average Bonchev–Trinajstić information content (AvgIpc) is 3.17. The monoisotopic (exact) mass is 427 g/mol. The van der Waals surface area contributed by atoms with Crippen LogP contribution >= 0.6 is 0 Å². The van der Waals surface area contributed by atoms with E-state index in [-0.39, 0.29) is 17.6 Å². The van der Waals surface area contributed by atoms with E-state index in [0.29, 0.717) is 13.1 Å². The highest BCUT2D eigenvalue weighted by Crippen LogP contribution is 2.25. The highest BCUT2D eigenvalue weighted by molar-refractivity contribution is 5.93. The number of amides is 1. The SMILES string of the molecule is COc1ccc2cc(/C=C/C(=O)N3CCC(n4c(=O)[nH]c5ccccc54)CC3)ccc2c1. The minimum atomic E-state index is -0.0789. The predicted molar refractivity (Wildman–Crippen MR) is 127 cm³/mol. The van der Waals surface area contributed by atoms with Gasteiger partial charge in [-0.25, -0.2) is 4.79 Å². The van der Waals surface area contributed by atoms with Crippen LogP contribution in [0.25, 0.3) is 27.9 Å². The molecule has 0 radical (unpaired) electrons. The Bertz CT molecular complexity index is 1370. The molecule has 0 atom stereocenters. The van der Waals surface area contributed by atoms with Crippen molar-refractivity contribution in [2.45, 2.75) is 18.9 Å². The maximum Gasteiger partial charge on any atom is 0.326 e. The van der Waals surface area contributed by atoms with Gasteiger partial charge in [-0.3, -0.25) is 9.36 Å². The number of piperidine rings is 1. The summed E-state index contributed by atoms with van der Waals surface area (Å²) in [4.78, 5) is 30.0. The summed E-state index contributed by atoms with van der Waals surface area (Å²) in [5.74, 6) is 0.832. The van der Waals surface area contributed by atoms with Gasteiger partial charge in [-0.2, -0.15) is 0 Å². The summed E-state index contributed by atoms with van der Waals surface area (Å²) < 4.78 is 7.12. The van der Waals surface area contributed by atoms with Gasteiger partial charge in [0.1, 0.15) is 5.75 Å². The van der Waals surface area contributed by atoms with Crippen molar-refractivity contribution in [3.8, 4) is 5.75 Å². The molecule has 6 nitrogen and oxygen atoms in total. The average molecular weight is 428 g/mol. The molecule has 4 aromatic rings. The molecule has 0 spiro atoms. The molecular formula is C26H25N3O3. The number of hydrogen-bond acceptors (Lipinski definition) is 3. The van der Waals surface area contributed by atoms with Gasteiger partial charge in [-0.1, -0.05) is 30.3 Å². The van der Waals surface area contributed by atoms with Gasteiger partial charge in [0, 0.05) is 25.2 Å². The number of fused-ring (bicyclic) bond motifs is 2. The minimum Gasteiger partial charge on any atom is -0.497 e. The standard InChI is InChI=1S/C26H25N3O3/c1-32-22-10-9-19-16-18(6-8-20(19)17-22)7-11-25(30)28-14-12-21(13-15-28)29-24-5-3-2-4-23(24)27-26(29)31/h2-11,16-17,21H,12-15H2,1H3,(H,27,31)/b11-7+. The van der Waals surface area contributed by atoms with Gasteiger partial charge in [0.05, 0.1) is 18.1 Å². The number of nitrogens with zero attached hydrogens (tertiary/aromatic N) is 2. The topological polar surface area (TPSA) is 67.3 Å². The molecule has 1 saturated heterocycles. The summed E-state index contributed by atoms with van der Waals surface area (Å²) in [5.41, 5.74) is 2.69. The number of imidazole rings is 1. The molecule has 1 fully saturated rings. The maximum absolute atomic E-state index is 12.7. The molecule has 0 bridgehead atoms. The third-order valence-electron chi connectivity index (χ3n) is 6.26. The van der Waals surface area contributed by atoms with Crippen LogP contribution in [0.3, 0.4) is 0 Å². The van der Waals surface area contributed by atoms with Crippen LogP contribution in [0.2, 0.25) is 0 Å². The Labute approximate surface area is 185 Å². The van der Waals surface area contributed by atoms with Crippen molar-refractivity contribution in [3.05, 3.63) is 82.8 Å². The second kappa shape index (κ2) is 8.38. The lowest BCUT2D eigenvalue weighted by Gasteiger charge is -2.32. The molecule has 0 aliphatic carbocycles. The van der Waals surface area contributed by atoms with Crippen molar-refractivity contribution in [2.24, 2.45) is 0 Å². The molecule has 3 aromatic carbocycles. The number of aromatic amines is 1. The number of para-hydroxylation sites is 2. The van der Waals surface area contributed by atoms with E-state index in [1.54, 1.807) is 13.2 Å². The molecule has 2 heterocycles. The molecule has 1 amide bonds. The third-order valence-corrected chi connectivity index (χ3v) is 6.26. The summed E-state index contributed by atoms with van der Waals surface area (Å²) in [7, 11) is 1.66. The summed E-state index contributed by atoms with van der Waals surface area (Å²) in [6.07, 6.45) is 5.03. The molecular weight excluding hydrogens is 402 g/mol. The highest BCUT2D eigenvalue weighted by Gasteiger charge is 2.25. The van der Waals surface area contributed by atoms with E-state index in [4.69, 9.17) is 4.74 Å². The first-order chi connectivity index (χ1) is 15.6. The Morgan fingerprint density at radius 2 is 1.78 bits per heavy atom. The van der Waals surface area contributed by atoms with Crippen LogP contribution in [0.1, 0.15) is 24.4 Å². The van der Waals surface area contributed by atoms with Crippen LogP contribution in [0.5, 0.6) is 5.75 Å². The second-order valence-electron chi connectivity index (χ2n) is 8.18. The first-order valence-electron chi connectivity index (χ1n) is 10.9. The Hall–Kier alpha value is -3.80. The number of likely N-dealkylation sites (tertiary alicyclic amines) is 1. The fourth-order valence-corrected chi connectivity index (χ4v) is 4.53. The number of benzene rings is 3. The number of rotatable bonds is 4. The number of ether oxygens (including phenoxy) is 1. The maximum atomic E-state index is 12.7. The summed E-state index contributed by atoms with van der Waals surface area (Å²) in [5, 5.41) is 2.20. The van der Waals surface area contributed by atoms with E-state index in [1.165, 1.54) is 0 Å². The zero-order valence-electron chi connectivity index (χ0n) is 18.0. The van der Waals surface area contributed by atoms with E-state index in [9.17, 15) is 9.59 Å². The number of methoxy groups -OCH3 is 1. The summed E-state index contributed by atoms with van der Waals surface area (Å²) >= 11 is 0. The van der Waals surface area contributed by atoms with Crippen molar-refractivity contribution < 1.29 is 9.53 Å². The quantitative estimate of drug-likeness (QED) is 0.492. The molecule has 5 rings (SSSR count). The smallest absolute Gasteiger partial charge is 0.326 e. The normalized spacial score (nSPS) is 15.1. The molecule has 6 heteroatoms. The number of hydrogen-bond donors (Lipinski definition) is 1. The van der Waals surface area contributed by atoms with Crippen molar-refractivity contribution in [1.29, 1.82) is 0 Å². The minimum absolute atomic E-state index is 0.00421. The van der Waals surface area contributed by atoms with E-state index in [0.717, 1.165) is 46.0 Å². The zero-order chi connectivity index (χ0) is 22.1. The van der Waals surface area contributed by atoms with Gasteiger partial charge < -0.3 is 14.6 Å². The fourth-order valence-electron chi connectivity index (χ4n) is 4.53. The first kappa shape index (κ1) is 20.1. The van der Waals surface area contributed by atoms with Crippen LogP contribution in [0.15, 0.2) is 71.5 Å². The van der Waals surface area contributed by atoms with Crippen molar-refractivity contribution in [2.75, 3.05) is 20.2 Å². The summed E-state index contributed by atoms with van der Waals surface area (Å²) in [6, 6.07) is 19.9. The molecule has 1 aliphatic rings. The van der Waals surface area contributed by atoms with Crippen LogP contribution in [-0.4, -0.2) is 40.6 Å². The van der Waals surface area contributed by atoms with Crippen molar-refractivity contribution in [3.63, 3.8) is 0 Å².